The topological polar surface area (TPSA) is 73.4 Å². The van der Waals surface area contributed by atoms with E-state index in [0.29, 0.717) is 19.6 Å². The molecule has 0 bridgehead atoms. The Bertz CT molecular complexity index is 1150. The predicted octanol–water partition coefficient (Wildman–Crippen LogP) is 6.39. The summed E-state index contributed by atoms with van der Waals surface area (Å²) < 4.78 is 5.15. The minimum absolute atomic E-state index is 0.0668. The van der Waals surface area contributed by atoms with Gasteiger partial charge in [-0.25, -0.2) is 14.4 Å². The first-order chi connectivity index (χ1) is 19.5. The largest absolute Gasteiger partial charge is 0.467 e. The Balaban J connectivity index is 1.60. The number of benzene rings is 2. The first-order valence-corrected chi connectivity index (χ1v) is 14.6. The van der Waals surface area contributed by atoms with Crippen LogP contribution < -0.4 is 4.90 Å². The van der Waals surface area contributed by atoms with Crippen LogP contribution in [0.4, 0.5) is 21.0 Å². The summed E-state index contributed by atoms with van der Waals surface area (Å²) in [7, 11) is 1.33. The number of esters is 1. The van der Waals surface area contributed by atoms with E-state index in [1.807, 2.05) is 65.6 Å². The lowest BCUT2D eigenvalue weighted by atomic mass is 10.1. The van der Waals surface area contributed by atoms with E-state index in [2.05, 4.69) is 13.8 Å². The summed E-state index contributed by atoms with van der Waals surface area (Å²) in [4.78, 5) is 48.0. The Hall–Kier alpha value is -3.81. The Morgan fingerprint density at radius 1 is 0.825 bits per heavy atom. The molecule has 0 spiro atoms. The van der Waals surface area contributed by atoms with Gasteiger partial charge in [0.05, 0.1) is 25.0 Å². The molecule has 0 saturated carbocycles. The number of carbonyl (C=O) groups excluding carboxylic acids is 3. The number of fused-ring (bicyclic) bond motifs is 2. The molecule has 2 aromatic rings. The second kappa shape index (κ2) is 14.0. The number of ether oxygens (including phenoxy) is 1. The molecule has 1 saturated heterocycles. The van der Waals surface area contributed by atoms with Crippen LogP contribution in [0.2, 0.25) is 0 Å². The molecule has 0 aliphatic carbocycles. The van der Waals surface area contributed by atoms with Gasteiger partial charge < -0.3 is 19.4 Å². The molecule has 0 N–H and O–H groups in total. The van der Waals surface area contributed by atoms with Crippen LogP contribution in [0, 0.1) is 0 Å². The molecule has 4 rings (SSSR count). The van der Waals surface area contributed by atoms with Crippen LogP contribution in [0.1, 0.15) is 63.5 Å². The number of para-hydroxylation sites is 2. The molecule has 40 heavy (non-hydrogen) atoms. The van der Waals surface area contributed by atoms with E-state index in [4.69, 9.17) is 4.74 Å². The zero-order chi connectivity index (χ0) is 28.5. The zero-order valence-electron chi connectivity index (χ0n) is 24.1. The summed E-state index contributed by atoms with van der Waals surface area (Å²) in [6.07, 6.45) is 10.2. The van der Waals surface area contributed by atoms with E-state index < -0.39 is 12.0 Å². The van der Waals surface area contributed by atoms with Gasteiger partial charge in [0, 0.05) is 26.2 Å². The molecule has 8 heteroatoms. The maximum Gasteiger partial charge on any atom is 0.330 e. The van der Waals surface area contributed by atoms with Crippen LogP contribution >= 0.6 is 0 Å². The second-order valence-electron chi connectivity index (χ2n) is 10.4. The average Bonchev–Trinajstić information content (AvgIpc) is 3.16. The smallest absolute Gasteiger partial charge is 0.330 e. The quantitative estimate of drug-likeness (QED) is 0.270. The number of anilines is 2. The third-order valence-electron chi connectivity index (χ3n) is 7.69. The third-order valence-corrected chi connectivity index (χ3v) is 7.69. The van der Waals surface area contributed by atoms with Crippen LogP contribution in [0.3, 0.4) is 0 Å². The summed E-state index contributed by atoms with van der Waals surface area (Å²) in [5, 5.41) is 0. The molecule has 214 valence electrons. The van der Waals surface area contributed by atoms with Crippen LogP contribution in [-0.4, -0.2) is 78.6 Å². The Labute approximate surface area is 238 Å². The van der Waals surface area contributed by atoms with E-state index >= 15 is 0 Å². The van der Waals surface area contributed by atoms with Gasteiger partial charge in [-0.05, 0) is 36.1 Å². The number of unbranched alkanes of at least 4 members (excludes halogenated alkanes) is 4. The van der Waals surface area contributed by atoms with E-state index in [0.717, 1.165) is 61.0 Å². The molecule has 8 nitrogen and oxygen atoms in total. The van der Waals surface area contributed by atoms with Gasteiger partial charge in [-0.3, -0.25) is 4.90 Å². The van der Waals surface area contributed by atoms with Crippen LogP contribution in [0.25, 0.3) is 12.2 Å². The van der Waals surface area contributed by atoms with Crippen LogP contribution in [0.5, 0.6) is 0 Å². The zero-order valence-corrected chi connectivity index (χ0v) is 24.1. The Morgan fingerprint density at radius 3 is 1.90 bits per heavy atom. The van der Waals surface area contributed by atoms with E-state index in [-0.39, 0.29) is 25.2 Å². The van der Waals surface area contributed by atoms with Crippen molar-refractivity contribution in [3.8, 4) is 0 Å². The molecule has 1 fully saturated rings. The number of carbonyl (C=O) groups is 3. The van der Waals surface area contributed by atoms with E-state index in [9.17, 15) is 14.4 Å². The monoisotopic (exact) mass is 546 g/mol. The standard InChI is InChI=1S/C32H42N4O4/c1-4-6-12-20-33(21-13-7-5-2)31(38)34-22-23-35(29(24-34)30(37)40-3)32(39)36-27-16-10-8-14-25(27)18-19-26-15-9-11-17-28(26)36/h8-11,14-19,29H,4-7,12-13,20-24H2,1-3H3/t29-/m0/s1. The van der Waals surface area contributed by atoms with Gasteiger partial charge in [-0.2, -0.15) is 0 Å². The molecule has 1 atom stereocenters. The fourth-order valence-electron chi connectivity index (χ4n) is 5.44. The maximum atomic E-state index is 14.3. The Morgan fingerprint density at radius 2 is 1.38 bits per heavy atom. The average molecular weight is 547 g/mol. The fourth-order valence-corrected chi connectivity index (χ4v) is 5.44. The summed E-state index contributed by atoms with van der Waals surface area (Å²) >= 11 is 0. The van der Waals surface area contributed by atoms with Gasteiger partial charge in [0.1, 0.15) is 6.04 Å². The highest BCUT2D eigenvalue weighted by molar-refractivity contribution is 6.06. The molecule has 2 aliphatic heterocycles. The summed E-state index contributed by atoms with van der Waals surface area (Å²) in [5.74, 6) is -0.524. The number of nitrogens with zero attached hydrogens (tertiary/aromatic N) is 4. The fraction of sp³-hybridized carbons (Fsp3) is 0.469. The van der Waals surface area contributed by atoms with Gasteiger partial charge in [-0.1, -0.05) is 88.1 Å². The lowest BCUT2D eigenvalue weighted by Gasteiger charge is -2.43. The van der Waals surface area contributed by atoms with Gasteiger partial charge in [0.2, 0.25) is 0 Å². The van der Waals surface area contributed by atoms with Gasteiger partial charge in [0.25, 0.3) is 0 Å². The van der Waals surface area contributed by atoms with E-state index in [1.54, 1.807) is 14.7 Å². The van der Waals surface area contributed by atoms with Gasteiger partial charge in [-0.15, -0.1) is 0 Å². The Kier molecular flexibility index (Phi) is 10.2. The van der Waals surface area contributed by atoms with Crippen molar-refractivity contribution in [3.05, 3.63) is 59.7 Å². The molecule has 0 aromatic heterocycles. The van der Waals surface area contributed by atoms with Crippen molar-refractivity contribution in [1.29, 1.82) is 0 Å². The highest BCUT2D eigenvalue weighted by Crippen LogP contribution is 2.37. The number of amides is 4. The molecule has 4 amide bonds. The summed E-state index contributed by atoms with van der Waals surface area (Å²) in [6, 6.07) is 14.2. The molecule has 2 aliphatic rings. The van der Waals surface area contributed by atoms with Crippen molar-refractivity contribution in [2.75, 3.05) is 44.7 Å². The van der Waals surface area contributed by atoms with Crippen molar-refractivity contribution in [2.45, 2.75) is 58.4 Å². The number of hydrogen-bond acceptors (Lipinski definition) is 4. The molecular formula is C32H42N4O4. The minimum Gasteiger partial charge on any atom is -0.467 e. The highest BCUT2D eigenvalue weighted by atomic mass is 16.5. The van der Waals surface area contributed by atoms with Gasteiger partial charge >= 0.3 is 18.0 Å². The lowest BCUT2D eigenvalue weighted by Crippen LogP contribution is -2.63. The van der Waals surface area contributed by atoms with E-state index in [1.165, 1.54) is 7.11 Å². The van der Waals surface area contributed by atoms with Crippen molar-refractivity contribution >= 4 is 41.6 Å². The first kappa shape index (κ1) is 29.2. The van der Waals surface area contributed by atoms with Crippen LogP contribution in [0.15, 0.2) is 48.5 Å². The molecular weight excluding hydrogens is 504 g/mol. The van der Waals surface area contributed by atoms with Crippen molar-refractivity contribution in [2.24, 2.45) is 0 Å². The summed E-state index contributed by atoms with van der Waals surface area (Å²) in [5.41, 5.74) is 3.30. The number of hydrogen-bond donors (Lipinski definition) is 0. The van der Waals surface area contributed by atoms with Crippen molar-refractivity contribution < 1.29 is 19.1 Å². The lowest BCUT2D eigenvalue weighted by molar-refractivity contribution is -0.147. The number of piperazine rings is 1. The maximum absolute atomic E-state index is 14.3. The number of rotatable bonds is 9. The summed E-state index contributed by atoms with van der Waals surface area (Å²) in [6.45, 7) is 6.39. The van der Waals surface area contributed by atoms with Crippen LogP contribution in [-0.2, 0) is 9.53 Å². The molecule has 2 aromatic carbocycles. The predicted molar refractivity (Wildman–Crippen MR) is 159 cm³/mol. The molecule has 0 unspecified atom stereocenters. The number of urea groups is 2. The second-order valence-corrected chi connectivity index (χ2v) is 10.4. The normalized spacial score (nSPS) is 16.2. The third kappa shape index (κ3) is 6.49. The number of methoxy groups -OCH3 is 1. The SMILES string of the molecule is CCCCCN(CCCCC)C(=O)N1CCN(C(=O)N2c3ccccc3C=Cc3ccccc32)[C@H](C(=O)OC)C1. The molecule has 2 heterocycles. The van der Waals surface area contributed by atoms with Crippen molar-refractivity contribution in [1.82, 2.24) is 14.7 Å². The molecule has 0 radical (unpaired) electrons. The minimum atomic E-state index is -0.904. The first-order valence-electron chi connectivity index (χ1n) is 14.6. The highest BCUT2D eigenvalue weighted by Gasteiger charge is 2.41. The van der Waals surface area contributed by atoms with Crippen molar-refractivity contribution in [3.63, 3.8) is 0 Å². The van der Waals surface area contributed by atoms with Gasteiger partial charge in [0.15, 0.2) is 0 Å².